The molecule has 3 unspecified atom stereocenters. The van der Waals surface area contributed by atoms with Crippen LogP contribution in [0.3, 0.4) is 0 Å². The number of β-amino-alcohol motifs (C(OH)–C–C–N with tert-alkyl or cyclic N) is 1. The second-order valence-electron chi connectivity index (χ2n) is 4.49. The summed E-state index contributed by atoms with van der Waals surface area (Å²) < 4.78 is 0. The summed E-state index contributed by atoms with van der Waals surface area (Å²) in [5.41, 5.74) is 0. The van der Waals surface area contributed by atoms with E-state index in [9.17, 15) is 9.90 Å². The maximum Gasteiger partial charge on any atom is 0.240 e. The number of amides is 1. The van der Waals surface area contributed by atoms with Crippen LogP contribution in [0.25, 0.3) is 0 Å². The number of nitrogens with one attached hydrogen (secondary N) is 1. The average molecular weight is 254 g/mol. The summed E-state index contributed by atoms with van der Waals surface area (Å²) in [5, 5.41) is 14.5. The highest BCUT2D eigenvalue weighted by atomic mass is 32.1. The predicted octanol–water partition coefficient (Wildman–Crippen LogP) is 0.990. The van der Waals surface area contributed by atoms with E-state index >= 15 is 0 Å². The molecule has 1 aromatic heterocycles. The Hall–Kier alpha value is -0.910. The van der Waals surface area contributed by atoms with Crippen LogP contribution < -0.4 is 5.32 Å². The number of carbonyl (C=O) groups is 1. The lowest BCUT2D eigenvalue weighted by molar-refractivity contribution is -0.133. The van der Waals surface area contributed by atoms with Crippen molar-refractivity contribution in [2.24, 2.45) is 0 Å². The van der Waals surface area contributed by atoms with Crippen LogP contribution in [-0.4, -0.2) is 41.7 Å². The number of aliphatic hydroxyl groups is 1. The van der Waals surface area contributed by atoms with E-state index in [0.29, 0.717) is 13.0 Å². The molecule has 1 amide bonds. The third-order valence-corrected chi connectivity index (χ3v) is 4.33. The van der Waals surface area contributed by atoms with Crippen molar-refractivity contribution in [3.8, 4) is 0 Å². The van der Waals surface area contributed by atoms with E-state index in [4.69, 9.17) is 0 Å². The number of aliphatic hydroxyl groups excluding tert-OH is 1. The van der Waals surface area contributed by atoms with E-state index in [2.05, 4.69) is 5.32 Å². The Labute approximate surface area is 105 Å². The van der Waals surface area contributed by atoms with Crippen molar-refractivity contribution < 1.29 is 9.90 Å². The van der Waals surface area contributed by atoms with Crippen LogP contribution in [0.1, 0.15) is 24.3 Å². The first-order chi connectivity index (χ1) is 8.09. The number of likely N-dealkylation sites (N-methyl/N-ethyl adjacent to an activating group) is 1. The Morgan fingerprint density at radius 1 is 1.71 bits per heavy atom. The van der Waals surface area contributed by atoms with Crippen molar-refractivity contribution in [3.05, 3.63) is 22.4 Å². The molecule has 1 aliphatic heterocycles. The molecule has 0 saturated carbocycles. The zero-order valence-electron chi connectivity index (χ0n) is 10.1. The Morgan fingerprint density at radius 3 is 3.00 bits per heavy atom. The summed E-state index contributed by atoms with van der Waals surface area (Å²) in [5.74, 6) is 0.0578. The lowest BCUT2D eigenvalue weighted by Crippen LogP contribution is -2.42. The Balaban J connectivity index is 2.00. The van der Waals surface area contributed by atoms with Gasteiger partial charge in [-0.25, -0.2) is 0 Å². The topological polar surface area (TPSA) is 52.6 Å². The van der Waals surface area contributed by atoms with E-state index in [-0.39, 0.29) is 18.0 Å². The molecule has 2 N–H and O–H groups in total. The number of rotatable bonds is 3. The number of hydrogen-bond acceptors (Lipinski definition) is 4. The minimum absolute atomic E-state index is 0.0578. The SMILES string of the molecule is CC(c1cccs1)N(C)C(=O)C1CC(O)CN1. The molecule has 1 saturated heterocycles. The summed E-state index contributed by atoms with van der Waals surface area (Å²) in [4.78, 5) is 15.1. The second kappa shape index (κ2) is 5.16. The molecule has 0 aromatic carbocycles. The van der Waals surface area contributed by atoms with E-state index < -0.39 is 6.10 Å². The molecule has 1 aliphatic rings. The van der Waals surface area contributed by atoms with Crippen LogP contribution in [0.2, 0.25) is 0 Å². The summed E-state index contributed by atoms with van der Waals surface area (Å²) in [6, 6.07) is 3.88. The Kier molecular flexibility index (Phi) is 3.81. The van der Waals surface area contributed by atoms with Gasteiger partial charge < -0.3 is 15.3 Å². The van der Waals surface area contributed by atoms with E-state index in [1.807, 2.05) is 31.5 Å². The van der Waals surface area contributed by atoms with Crippen LogP contribution in [0.15, 0.2) is 17.5 Å². The van der Waals surface area contributed by atoms with Crippen molar-refractivity contribution in [2.75, 3.05) is 13.6 Å². The van der Waals surface area contributed by atoms with E-state index in [1.54, 1.807) is 16.2 Å². The number of nitrogens with zero attached hydrogens (tertiary/aromatic N) is 1. The lowest BCUT2D eigenvalue weighted by atomic mass is 10.1. The number of carbonyl (C=O) groups excluding carboxylic acids is 1. The van der Waals surface area contributed by atoms with Crippen LogP contribution in [0.5, 0.6) is 0 Å². The largest absolute Gasteiger partial charge is 0.392 e. The molecule has 0 radical (unpaired) electrons. The molecule has 0 bridgehead atoms. The molecular weight excluding hydrogens is 236 g/mol. The first kappa shape index (κ1) is 12.5. The van der Waals surface area contributed by atoms with Crippen LogP contribution in [0.4, 0.5) is 0 Å². The van der Waals surface area contributed by atoms with Gasteiger partial charge in [-0.1, -0.05) is 6.07 Å². The summed E-state index contributed by atoms with van der Waals surface area (Å²) in [6.07, 6.45) is 0.120. The van der Waals surface area contributed by atoms with Crippen LogP contribution in [-0.2, 0) is 4.79 Å². The van der Waals surface area contributed by atoms with Gasteiger partial charge in [-0.15, -0.1) is 11.3 Å². The van der Waals surface area contributed by atoms with Crippen molar-refractivity contribution in [1.29, 1.82) is 0 Å². The fourth-order valence-electron chi connectivity index (χ4n) is 2.06. The first-order valence-corrected chi connectivity index (χ1v) is 6.69. The van der Waals surface area contributed by atoms with Gasteiger partial charge in [0.15, 0.2) is 0 Å². The van der Waals surface area contributed by atoms with Crippen LogP contribution >= 0.6 is 11.3 Å². The summed E-state index contributed by atoms with van der Waals surface area (Å²) in [7, 11) is 1.82. The highest BCUT2D eigenvalue weighted by molar-refractivity contribution is 7.10. The predicted molar refractivity (Wildman–Crippen MR) is 67.9 cm³/mol. The van der Waals surface area contributed by atoms with Crippen molar-refractivity contribution in [1.82, 2.24) is 10.2 Å². The van der Waals surface area contributed by atoms with Crippen molar-refractivity contribution in [3.63, 3.8) is 0 Å². The molecule has 5 heteroatoms. The molecule has 0 aliphatic carbocycles. The zero-order valence-corrected chi connectivity index (χ0v) is 10.9. The first-order valence-electron chi connectivity index (χ1n) is 5.81. The minimum Gasteiger partial charge on any atom is -0.392 e. The highest BCUT2D eigenvalue weighted by Gasteiger charge is 2.31. The zero-order chi connectivity index (χ0) is 12.4. The molecule has 3 atom stereocenters. The average Bonchev–Trinajstić information content (AvgIpc) is 2.96. The van der Waals surface area contributed by atoms with Crippen molar-refractivity contribution in [2.45, 2.75) is 31.5 Å². The molecule has 0 spiro atoms. The molecule has 1 fully saturated rings. The molecule has 1 aromatic rings. The van der Waals surface area contributed by atoms with Gasteiger partial charge in [-0.2, -0.15) is 0 Å². The molecule has 4 nitrogen and oxygen atoms in total. The van der Waals surface area contributed by atoms with Gasteiger partial charge in [0.25, 0.3) is 0 Å². The molecular formula is C12H18N2O2S. The second-order valence-corrected chi connectivity index (χ2v) is 5.47. The fourth-order valence-corrected chi connectivity index (χ4v) is 2.89. The Bertz CT molecular complexity index is 380. The molecule has 17 heavy (non-hydrogen) atoms. The van der Waals surface area contributed by atoms with Gasteiger partial charge in [-0.05, 0) is 24.8 Å². The van der Waals surface area contributed by atoms with E-state index in [1.165, 1.54) is 4.88 Å². The van der Waals surface area contributed by atoms with Gasteiger partial charge in [0.2, 0.25) is 5.91 Å². The van der Waals surface area contributed by atoms with Crippen molar-refractivity contribution >= 4 is 17.2 Å². The Morgan fingerprint density at radius 2 is 2.47 bits per heavy atom. The van der Waals surface area contributed by atoms with Gasteiger partial charge in [0.05, 0.1) is 18.2 Å². The number of hydrogen-bond donors (Lipinski definition) is 2. The fraction of sp³-hybridized carbons (Fsp3) is 0.583. The monoisotopic (exact) mass is 254 g/mol. The maximum atomic E-state index is 12.2. The third kappa shape index (κ3) is 2.68. The molecule has 2 heterocycles. The summed E-state index contributed by atoms with van der Waals surface area (Å²) >= 11 is 1.66. The standard InChI is InChI=1S/C12H18N2O2S/c1-8(11-4-3-5-17-11)14(2)12(16)10-6-9(15)7-13-10/h3-5,8-10,13,15H,6-7H2,1-2H3. The minimum atomic E-state index is -0.394. The third-order valence-electron chi connectivity index (χ3n) is 3.29. The lowest BCUT2D eigenvalue weighted by Gasteiger charge is -2.26. The van der Waals surface area contributed by atoms with Gasteiger partial charge in [-0.3, -0.25) is 4.79 Å². The molecule has 2 rings (SSSR count). The summed E-state index contributed by atoms with van der Waals surface area (Å²) in [6.45, 7) is 2.53. The normalized spacial score (nSPS) is 25.8. The van der Waals surface area contributed by atoms with Crippen LogP contribution in [0, 0.1) is 0 Å². The van der Waals surface area contributed by atoms with Gasteiger partial charge in [0, 0.05) is 18.5 Å². The highest BCUT2D eigenvalue weighted by Crippen LogP contribution is 2.24. The maximum absolute atomic E-state index is 12.2. The molecule has 94 valence electrons. The van der Waals surface area contributed by atoms with E-state index in [0.717, 1.165) is 0 Å². The quantitative estimate of drug-likeness (QED) is 0.846. The smallest absolute Gasteiger partial charge is 0.240 e. The van der Waals surface area contributed by atoms with Gasteiger partial charge in [0.1, 0.15) is 0 Å². The number of thiophene rings is 1. The van der Waals surface area contributed by atoms with Gasteiger partial charge >= 0.3 is 0 Å².